The molecule has 4 rings (SSSR count). The van der Waals surface area contributed by atoms with Crippen LogP contribution in [0.4, 0.5) is 10.8 Å². The molecule has 1 saturated carbocycles. The summed E-state index contributed by atoms with van der Waals surface area (Å²) in [5, 5.41) is 3.62. The number of nitrogens with one attached hydrogen (secondary N) is 1. The summed E-state index contributed by atoms with van der Waals surface area (Å²) in [6.45, 7) is 1.20. The van der Waals surface area contributed by atoms with Crippen molar-refractivity contribution >= 4 is 34.0 Å². The van der Waals surface area contributed by atoms with Crippen LogP contribution >= 0.6 is 11.3 Å². The Morgan fingerprint density at radius 1 is 1.30 bits per heavy atom. The molecular weight excluding hydrogens is 360 g/mol. The highest BCUT2D eigenvalue weighted by Crippen LogP contribution is 2.32. The Balaban J connectivity index is 1.45. The van der Waals surface area contributed by atoms with Gasteiger partial charge in [-0.3, -0.25) is 9.59 Å². The number of aromatic nitrogens is 1. The maximum Gasteiger partial charge on any atom is 0.254 e. The molecule has 6 nitrogen and oxygen atoms in total. The lowest BCUT2D eigenvalue weighted by atomic mass is 9.85. The summed E-state index contributed by atoms with van der Waals surface area (Å²) in [5.41, 5.74) is 2.72. The molecule has 2 amide bonds. The van der Waals surface area contributed by atoms with Crippen LogP contribution in [0.2, 0.25) is 0 Å². The minimum absolute atomic E-state index is 0.0396. The van der Waals surface area contributed by atoms with E-state index in [9.17, 15) is 9.59 Å². The molecule has 0 spiro atoms. The third-order valence-electron chi connectivity index (χ3n) is 5.33. The molecule has 1 fully saturated rings. The fourth-order valence-electron chi connectivity index (χ4n) is 3.40. The molecular formula is C20H24N4O2S. The second kappa shape index (κ2) is 7.31. The van der Waals surface area contributed by atoms with Crippen molar-refractivity contribution in [1.82, 2.24) is 9.88 Å². The number of nitrogens with zero attached hydrogens (tertiary/aromatic N) is 3. The van der Waals surface area contributed by atoms with Crippen molar-refractivity contribution in [3.05, 3.63) is 40.4 Å². The predicted octanol–water partition coefficient (Wildman–Crippen LogP) is 3.15. The predicted molar refractivity (Wildman–Crippen MR) is 107 cm³/mol. The molecule has 27 heavy (non-hydrogen) atoms. The number of carbonyl (C=O) groups excluding carboxylic acids is 2. The summed E-state index contributed by atoms with van der Waals surface area (Å²) in [6.07, 6.45) is 3.82. The number of amides is 2. The SMILES string of the molecule is CN(C)c1cccc(C(=O)N2CCc3nc(NC(=O)C4CCC4)sc3C2)c1. The summed E-state index contributed by atoms with van der Waals surface area (Å²) < 4.78 is 0. The fourth-order valence-corrected chi connectivity index (χ4v) is 4.43. The van der Waals surface area contributed by atoms with Crippen LogP contribution in [0.3, 0.4) is 0 Å². The Kier molecular flexibility index (Phi) is 4.86. The largest absolute Gasteiger partial charge is 0.378 e. The van der Waals surface area contributed by atoms with E-state index in [0.29, 0.717) is 23.8 Å². The molecule has 2 aromatic rings. The summed E-state index contributed by atoms with van der Waals surface area (Å²) in [7, 11) is 3.93. The number of anilines is 2. The molecule has 0 bridgehead atoms. The molecule has 1 aliphatic carbocycles. The highest BCUT2D eigenvalue weighted by molar-refractivity contribution is 7.15. The molecule has 0 saturated heterocycles. The molecule has 1 aromatic heterocycles. The van der Waals surface area contributed by atoms with Crippen LogP contribution in [0, 0.1) is 5.92 Å². The summed E-state index contributed by atoms with van der Waals surface area (Å²) in [4.78, 5) is 34.6. The maximum absolute atomic E-state index is 12.9. The van der Waals surface area contributed by atoms with Crippen molar-refractivity contribution in [1.29, 1.82) is 0 Å². The minimum atomic E-state index is 0.0396. The molecule has 1 aliphatic heterocycles. The molecule has 0 unspecified atom stereocenters. The number of hydrogen-bond donors (Lipinski definition) is 1. The van der Waals surface area contributed by atoms with Gasteiger partial charge in [0.25, 0.3) is 5.91 Å². The van der Waals surface area contributed by atoms with Gasteiger partial charge in [0.2, 0.25) is 5.91 Å². The van der Waals surface area contributed by atoms with E-state index in [0.717, 1.165) is 41.9 Å². The lowest BCUT2D eigenvalue weighted by molar-refractivity contribution is -0.122. The number of hydrogen-bond acceptors (Lipinski definition) is 5. The van der Waals surface area contributed by atoms with Gasteiger partial charge in [0.1, 0.15) is 0 Å². The van der Waals surface area contributed by atoms with Crippen molar-refractivity contribution in [2.75, 3.05) is 30.9 Å². The summed E-state index contributed by atoms with van der Waals surface area (Å²) in [6, 6.07) is 7.70. The molecule has 142 valence electrons. The Hall–Kier alpha value is -2.41. The smallest absolute Gasteiger partial charge is 0.254 e. The van der Waals surface area contributed by atoms with Crippen LogP contribution in [-0.2, 0) is 17.8 Å². The lowest BCUT2D eigenvalue weighted by Gasteiger charge is -2.26. The lowest BCUT2D eigenvalue weighted by Crippen LogP contribution is -2.35. The van der Waals surface area contributed by atoms with Gasteiger partial charge in [-0.1, -0.05) is 23.8 Å². The molecule has 7 heteroatoms. The van der Waals surface area contributed by atoms with Gasteiger partial charge in [-0.25, -0.2) is 4.98 Å². The number of thiazole rings is 1. The van der Waals surface area contributed by atoms with E-state index in [1.807, 2.05) is 48.2 Å². The maximum atomic E-state index is 12.9. The zero-order valence-corrected chi connectivity index (χ0v) is 16.5. The van der Waals surface area contributed by atoms with E-state index in [1.165, 1.54) is 11.3 Å². The van der Waals surface area contributed by atoms with Crippen molar-refractivity contribution < 1.29 is 9.59 Å². The van der Waals surface area contributed by atoms with Crippen molar-refractivity contribution in [3.63, 3.8) is 0 Å². The average molecular weight is 385 g/mol. The van der Waals surface area contributed by atoms with Crippen LogP contribution < -0.4 is 10.2 Å². The second-order valence-corrected chi connectivity index (χ2v) is 8.51. The van der Waals surface area contributed by atoms with Crippen LogP contribution in [-0.4, -0.2) is 42.3 Å². The normalized spacial score (nSPS) is 16.4. The first-order chi connectivity index (χ1) is 13.0. The average Bonchev–Trinajstić information content (AvgIpc) is 3.00. The van der Waals surface area contributed by atoms with Gasteiger partial charge in [0.05, 0.1) is 12.2 Å². The fraction of sp³-hybridized carbons (Fsp3) is 0.450. The van der Waals surface area contributed by atoms with Gasteiger partial charge in [0, 0.05) is 49.1 Å². The molecule has 0 atom stereocenters. The monoisotopic (exact) mass is 384 g/mol. The molecule has 2 heterocycles. The Bertz CT molecular complexity index is 873. The van der Waals surface area contributed by atoms with E-state index >= 15 is 0 Å². The number of benzene rings is 1. The quantitative estimate of drug-likeness (QED) is 0.879. The zero-order chi connectivity index (χ0) is 19.0. The van der Waals surface area contributed by atoms with Crippen molar-refractivity contribution in [2.24, 2.45) is 5.92 Å². The van der Waals surface area contributed by atoms with Gasteiger partial charge in [-0.15, -0.1) is 0 Å². The van der Waals surface area contributed by atoms with Gasteiger partial charge in [-0.05, 0) is 31.0 Å². The zero-order valence-electron chi connectivity index (χ0n) is 15.7. The van der Waals surface area contributed by atoms with E-state index < -0.39 is 0 Å². The summed E-state index contributed by atoms with van der Waals surface area (Å²) >= 11 is 1.49. The molecule has 1 aromatic carbocycles. The van der Waals surface area contributed by atoms with E-state index in [4.69, 9.17) is 0 Å². The van der Waals surface area contributed by atoms with Gasteiger partial charge < -0.3 is 15.1 Å². The second-order valence-electron chi connectivity index (χ2n) is 7.43. The van der Waals surface area contributed by atoms with Gasteiger partial charge in [-0.2, -0.15) is 0 Å². The van der Waals surface area contributed by atoms with Crippen molar-refractivity contribution in [3.8, 4) is 0 Å². The Labute approximate surface area is 163 Å². The number of fused-ring (bicyclic) bond motifs is 1. The molecule has 0 radical (unpaired) electrons. The third kappa shape index (κ3) is 3.69. The van der Waals surface area contributed by atoms with Crippen LogP contribution in [0.1, 0.15) is 40.2 Å². The highest BCUT2D eigenvalue weighted by atomic mass is 32.1. The van der Waals surface area contributed by atoms with E-state index in [1.54, 1.807) is 0 Å². The minimum Gasteiger partial charge on any atom is -0.378 e. The molecule has 1 N–H and O–H groups in total. The van der Waals surface area contributed by atoms with Crippen molar-refractivity contribution in [2.45, 2.75) is 32.2 Å². The van der Waals surface area contributed by atoms with Crippen LogP contribution in [0.15, 0.2) is 24.3 Å². The third-order valence-corrected chi connectivity index (χ3v) is 6.33. The van der Waals surface area contributed by atoms with Crippen LogP contribution in [0.25, 0.3) is 0 Å². The topological polar surface area (TPSA) is 65.5 Å². The van der Waals surface area contributed by atoms with Gasteiger partial charge >= 0.3 is 0 Å². The van der Waals surface area contributed by atoms with Gasteiger partial charge in [0.15, 0.2) is 5.13 Å². The molecule has 2 aliphatic rings. The number of carbonyl (C=O) groups is 2. The number of rotatable bonds is 4. The summed E-state index contributed by atoms with van der Waals surface area (Å²) in [5.74, 6) is 0.270. The first kappa shape index (κ1) is 18.0. The first-order valence-electron chi connectivity index (χ1n) is 9.37. The Morgan fingerprint density at radius 3 is 2.81 bits per heavy atom. The standard InChI is InChI=1S/C20H24N4O2S/c1-23(2)15-8-4-7-14(11-15)19(26)24-10-9-16-17(12-24)27-20(21-16)22-18(25)13-5-3-6-13/h4,7-8,11,13H,3,5-6,9-10,12H2,1-2H3,(H,21,22,25). The Morgan fingerprint density at radius 2 is 2.11 bits per heavy atom. The first-order valence-corrected chi connectivity index (χ1v) is 10.2. The van der Waals surface area contributed by atoms with E-state index in [2.05, 4.69) is 10.3 Å². The van der Waals surface area contributed by atoms with E-state index in [-0.39, 0.29) is 17.7 Å². The highest BCUT2D eigenvalue weighted by Gasteiger charge is 2.28. The van der Waals surface area contributed by atoms with Crippen LogP contribution in [0.5, 0.6) is 0 Å².